The second-order valence-corrected chi connectivity index (χ2v) is 4.58. The third-order valence-corrected chi connectivity index (χ3v) is 2.71. The van der Waals surface area contributed by atoms with E-state index in [-0.39, 0.29) is 11.6 Å². The van der Waals surface area contributed by atoms with Crippen molar-refractivity contribution in [3.63, 3.8) is 0 Å². The average molecular weight is 330 g/mol. The van der Waals surface area contributed by atoms with E-state index in [0.29, 0.717) is 22.4 Å². The number of nitrogens with two attached hydrogens (primary N) is 1. The molecule has 124 valence electrons. The van der Waals surface area contributed by atoms with Crippen molar-refractivity contribution in [2.24, 2.45) is 0 Å². The van der Waals surface area contributed by atoms with Crippen molar-refractivity contribution in [2.75, 3.05) is 11.1 Å². The summed E-state index contributed by atoms with van der Waals surface area (Å²) in [7, 11) is 0. The smallest absolute Gasteiger partial charge is 0.357 e. The van der Waals surface area contributed by atoms with Crippen LogP contribution in [0.15, 0.2) is 30.5 Å². The van der Waals surface area contributed by atoms with Crippen LogP contribution in [0.5, 0.6) is 0 Å². The molecule has 0 saturated heterocycles. The van der Waals surface area contributed by atoms with E-state index in [1.54, 1.807) is 24.3 Å². The number of hydrogen-bond donors (Lipinski definition) is 5. The van der Waals surface area contributed by atoms with Crippen LogP contribution in [0, 0.1) is 0 Å². The van der Waals surface area contributed by atoms with Crippen LogP contribution in [-0.4, -0.2) is 42.3 Å². The number of aliphatic carboxylic acids is 1. The first-order valence-electron chi connectivity index (χ1n) is 6.63. The van der Waals surface area contributed by atoms with Gasteiger partial charge in [-0.1, -0.05) is 0 Å². The molecule has 0 saturated carbocycles. The minimum absolute atomic E-state index is 0.0224. The van der Waals surface area contributed by atoms with Crippen LogP contribution in [0.25, 0.3) is 10.9 Å². The van der Waals surface area contributed by atoms with Crippen LogP contribution in [0.4, 0.5) is 17.5 Å². The van der Waals surface area contributed by atoms with E-state index in [9.17, 15) is 4.79 Å². The predicted molar refractivity (Wildman–Crippen MR) is 86.1 cm³/mol. The van der Waals surface area contributed by atoms with Crippen molar-refractivity contribution in [1.82, 2.24) is 20.2 Å². The van der Waals surface area contributed by atoms with Gasteiger partial charge in [-0.15, -0.1) is 0 Å². The first-order valence-corrected chi connectivity index (χ1v) is 6.63. The summed E-state index contributed by atoms with van der Waals surface area (Å²) in [6.07, 6.45) is 1.53. The number of benzene rings is 1. The number of carboxylic acid groups (broad SMARTS) is 2. The molecule has 0 bridgehead atoms. The summed E-state index contributed by atoms with van der Waals surface area (Å²) in [6, 6.07) is 6.86. The zero-order valence-electron chi connectivity index (χ0n) is 12.5. The predicted octanol–water partition coefficient (Wildman–Crippen LogP) is 1.47. The number of rotatable bonds is 3. The number of nitrogens with zero attached hydrogens (tertiary/aromatic N) is 3. The minimum atomic E-state index is -1.08. The Bertz CT molecular complexity index is 888. The molecule has 24 heavy (non-hydrogen) atoms. The Morgan fingerprint density at radius 3 is 2.58 bits per heavy atom. The third-order valence-electron chi connectivity index (χ3n) is 2.71. The first kappa shape index (κ1) is 16.7. The lowest BCUT2D eigenvalue weighted by molar-refractivity contribution is -0.134. The number of fused-ring (bicyclic) bond motifs is 1. The molecular formula is C14H14N6O4. The molecule has 3 rings (SSSR count). The van der Waals surface area contributed by atoms with Crippen LogP contribution in [0.1, 0.15) is 17.4 Å². The van der Waals surface area contributed by atoms with Crippen molar-refractivity contribution in [3.05, 3.63) is 36.2 Å². The molecule has 6 N–H and O–H groups in total. The van der Waals surface area contributed by atoms with E-state index in [1.165, 1.54) is 6.20 Å². The summed E-state index contributed by atoms with van der Waals surface area (Å²) in [5.41, 5.74) is 6.80. The molecule has 0 aliphatic heterocycles. The molecule has 3 aromatic rings. The number of carbonyl (C=O) groups is 2. The number of nitrogen functional groups attached to an aromatic ring is 1. The molecule has 2 aromatic heterocycles. The van der Waals surface area contributed by atoms with Crippen LogP contribution in [0.3, 0.4) is 0 Å². The molecule has 0 unspecified atom stereocenters. The molecule has 0 aliphatic carbocycles. The Labute approximate surface area is 135 Å². The first-order chi connectivity index (χ1) is 11.4. The lowest BCUT2D eigenvalue weighted by Crippen LogP contribution is -1.99. The molecule has 0 spiro atoms. The van der Waals surface area contributed by atoms with Crippen molar-refractivity contribution in [3.8, 4) is 0 Å². The van der Waals surface area contributed by atoms with Gasteiger partial charge >= 0.3 is 5.97 Å². The third kappa shape index (κ3) is 4.16. The summed E-state index contributed by atoms with van der Waals surface area (Å²) in [5, 5.41) is 26.4. The molecule has 1 aromatic carbocycles. The fourth-order valence-electron chi connectivity index (χ4n) is 1.85. The topological polar surface area (TPSA) is 167 Å². The van der Waals surface area contributed by atoms with Crippen molar-refractivity contribution >= 4 is 40.3 Å². The maximum Gasteiger partial charge on any atom is 0.357 e. The Hall–Kier alpha value is -3.69. The van der Waals surface area contributed by atoms with Crippen molar-refractivity contribution in [1.29, 1.82) is 0 Å². The van der Waals surface area contributed by atoms with E-state index in [4.69, 9.17) is 20.7 Å². The standard InChI is InChI=1S/C12H10N6O2.C2H4O2/c13-12-14-4-3-9(16-12)15-6-1-2-8-7(5-6)10(11(19)20)18-17-8;1-2(3)4/h1-5H,(H,17,18)(H,19,20)(H3,13,14,15,16);1H3,(H,3,4). The van der Waals surface area contributed by atoms with Gasteiger partial charge in [-0.05, 0) is 24.3 Å². The van der Waals surface area contributed by atoms with E-state index in [1.807, 2.05) is 0 Å². The molecule has 10 heteroatoms. The van der Waals surface area contributed by atoms with Gasteiger partial charge in [0.05, 0.1) is 5.52 Å². The average Bonchev–Trinajstić information content (AvgIpc) is 2.90. The van der Waals surface area contributed by atoms with Crippen molar-refractivity contribution < 1.29 is 19.8 Å². The SMILES string of the molecule is CC(=O)O.Nc1nccc(Nc2ccc3[nH]nc(C(=O)O)c3c2)n1. The highest BCUT2D eigenvalue weighted by Crippen LogP contribution is 2.22. The van der Waals surface area contributed by atoms with Gasteiger partial charge in [0, 0.05) is 24.2 Å². The Morgan fingerprint density at radius 1 is 1.25 bits per heavy atom. The van der Waals surface area contributed by atoms with Gasteiger partial charge in [0.2, 0.25) is 5.95 Å². The number of aromatic amines is 1. The number of aromatic carboxylic acids is 1. The van der Waals surface area contributed by atoms with Gasteiger partial charge in [-0.2, -0.15) is 10.1 Å². The summed E-state index contributed by atoms with van der Waals surface area (Å²) in [6.45, 7) is 1.08. The Kier molecular flexibility index (Phi) is 4.90. The number of carboxylic acids is 2. The number of nitrogens with one attached hydrogen (secondary N) is 2. The number of hydrogen-bond acceptors (Lipinski definition) is 7. The lowest BCUT2D eigenvalue weighted by atomic mass is 10.2. The second-order valence-electron chi connectivity index (χ2n) is 4.58. The molecule has 2 heterocycles. The highest BCUT2D eigenvalue weighted by atomic mass is 16.4. The van der Waals surface area contributed by atoms with E-state index in [2.05, 4.69) is 25.5 Å². The molecule has 10 nitrogen and oxygen atoms in total. The summed E-state index contributed by atoms with van der Waals surface area (Å²) < 4.78 is 0. The van der Waals surface area contributed by atoms with Crippen LogP contribution in [-0.2, 0) is 4.79 Å². The zero-order chi connectivity index (χ0) is 17.7. The summed E-state index contributed by atoms with van der Waals surface area (Å²) >= 11 is 0. The van der Waals surface area contributed by atoms with Gasteiger partial charge in [0.15, 0.2) is 5.69 Å². The van der Waals surface area contributed by atoms with E-state index >= 15 is 0 Å². The van der Waals surface area contributed by atoms with Gasteiger partial charge < -0.3 is 21.3 Å². The molecule has 0 aliphatic rings. The van der Waals surface area contributed by atoms with E-state index in [0.717, 1.165) is 6.92 Å². The molecular weight excluding hydrogens is 316 g/mol. The van der Waals surface area contributed by atoms with Gasteiger partial charge in [-0.25, -0.2) is 9.78 Å². The quantitative estimate of drug-likeness (QED) is 0.477. The Balaban J connectivity index is 0.000000471. The fraction of sp³-hybridized carbons (Fsp3) is 0.0714. The number of anilines is 3. The summed E-state index contributed by atoms with van der Waals surface area (Å²) in [5.74, 6) is -1.23. The van der Waals surface area contributed by atoms with Crippen LogP contribution < -0.4 is 11.1 Å². The zero-order valence-corrected chi connectivity index (χ0v) is 12.5. The van der Waals surface area contributed by atoms with E-state index < -0.39 is 11.9 Å². The van der Waals surface area contributed by atoms with Gasteiger partial charge in [-0.3, -0.25) is 9.89 Å². The normalized spacial score (nSPS) is 9.88. The monoisotopic (exact) mass is 330 g/mol. The van der Waals surface area contributed by atoms with Gasteiger partial charge in [0.1, 0.15) is 5.82 Å². The second kappa shape index (κ2) is 7.05. The van der Waals surface area contributed by atoms with Crippen molar-refractivity contribution in [2.45, 2.75) is 6.92 Å². The highest BCUT2D eigenvalue weighted by Gasteiger charge is 2.13. The van der Waals surface area contributed by atoms with Crippen LogP contribution in [0.2, 0.25) is 0 Å². The lowest BCUT2D eigenvalue weighted by Gasteiger charge is -2.05. The maximum absolute atomic E-state index is 11.1. The minimum Gasteiger partial charge on any atom is -0.481 e. The summed E-state index contributed by atoms with van der Waals surface area (Å²) in [4.78, 5) is 27.9. The molecule has 0 fully saturated rings. The van der Waals surface area contributed by atoms with Crippen LogP contribution >= 0.6 is 0 Å². The molecule has 0 radical (unpaired) electrons. The number of H-pyrrole nitrogens is 1. The maximum atomic E-state index is 11.1. The molecule has 0 atom stereocenters. The largest absolute Gasteiger partial charge is 0.481 e. The highest BCUT2D eigenvalue weighted by molar-refractivity contribution is 6.02. The van der Waals surface area contributed by atoms with Gasteiger partial charge in [0.25, 0.3) is 5.97 Å². The number of aromatic nitrogens is 4. The molecule has 0 amide bonds. The Morgan fingerprint density at radius 2 is 1.96 bits per heavy atom. The fourth-order valence-corrected chi connectivity index (χ4v) is 1.85.